The second-order valence-electron chi connectivity index (χ2n) is 5.65. The van der Waals surface area contributed by atoms with Gasteiger partial charge < -0.3 is 10.2 Å². The van der Waals surface area contributed by atoms with Gasteiger partial charge in [-0.15, -0.1) is 11.3 Å². The van der Waals surface area contributed by atoms with Crippen molar-refractivity contribution in [2.75, 3.05) is 5.32 Å². The van der Waals surface area contributed by atoms with Crippen molar-refractivity contribution in [1.82, 2.24) is 9.88 Å². The Morgan fingerprint density at radius 2 is 2.23 bits per heavy atom. The summed E-state index contributed by atoms with van der Waals surface area (Å²) in [5, 5.41) is 6.43. The maximum Gasteiger partial charge on any atom is 0.322 e. The standard InChI is InChI=1S/C16H18ClN3OS/c1-10-7-11(2)15(13(17)8-10)19-16(21)20(12-3-4-12)9-14-18-5-6-22-14/h5-8,12H,3-4,9H2,1-2H3,(H,19,21). The van der Waals surface area contributed by atoms with E-state index in [4.69, 9.17) is 11.6 Å². The Morgan fingerprint density at radius 3 is 2.82 bits per heavy atom. The second kappa shape index (κ2) is 6.26. The zero-order chi connectivity index (χ0) is 15.7. The van der Waals surface area contributed by atoms with Crippen LogP contribution in [0, 0.1) is 13.8 Å². The third-order valence-electron chi connectivity index (χ3n) is 3.70. The van der Waals surface area contributed by atoms with Crippen molar-refractivity contribution >= 4 is 34.7 Å². The second-order valence-corrected chi connectivity index (χ2v) is 7.04. The summed E-state index contributed by atoms with van der Waals surface area (Å²) in [7, 11) is 0. The molecule has 1 fully saturated rings. The Hall–Kier alpha value is -1.59. The fourth-order valence-corrected chi connectivity index (χ4v) is 3.47. The maximum atomic E-state index is 12.6. The maximum absolute atomic E-state index is 12.6. The van der Waals surface area contributed by atoms with Gasteiger partial charge in [0.2, 0.25) is 0 Å². The highest BCUT2D eigenvalue weighted by atomic mass is 35.5. The predicted molar refractivity (Wildman–Crippen MR) is 90.6 cm³/mol. The van der Waals surface area contributed by atoms with Crippen LogP contribution >= 0.6 is 22.9 Å². The molecule has 0 radical (unpaired) electrons. The monoisotopic (exact) mass is 335 g/mol. The Labute approximate surface area is 139 Å². The molecule has 1 saturated carbocycles. The van der Waals surface area contributed by atoms with E-state index in [1.165, 1.54) is 0 Å². The van der Waals surface area contributed by atoms with E-state index in [0.29, 0.717) is 23.3 Å². The minimum atomic E-state index is -0.105. The number of thiazole rings is 1. The first-order valence-corrected chi connectivity index (χ1v) is 8.53. The SMILES string of the molecule is Cc1cc(C)c(NC(=O)N(Cc2nccs2)C2CC2)c(Cl)c1. The van der Waals surface area contributed by atoms with E-state index in [0.717, 1.165) is 29.0 Å². The first kappa shape index (κ1) is 15.3. The summed E-state index contributed by atoms with van der Waals surface area (Å²) in [5.74, 6) is 0. The topological polar surface area (TPSA) is 45.2 Å². The van der Waals surface area contributed by atoms with Crippen LogP contribution in [0.25, 0.3) is 0 Å². The average Bonchev–Trinajstić information content (AvgIpc) is 3.16. The first-order chi connectivity index (χ1) is 10.5. The summed E-state index contributed by atoms with van der Waals surface area (Å²) in [4.78, 5) is 18.8. The van der Waals surface area contributed by atoms with Gasteiger partial charge in [0.1, 0.15) is 5.01 Å². The molecule has 1 heterocycles. The molecule has 1 aliphatic carbocycles. The Kier molecular flexibility index (Phi) is 4.36. The number of carbonyl (C=O) groups excluding carboxylic acids is 1. The van der Waals surface area contributed by atoms with Crippen LogP contribution in [0.5, 0.6) is 0 Å². The molecule has 1 aliphatic rings. The molecule has 4 nitrogen and oxygen atoms in total. The van der Waals surface area contributed by atoms with Crippen LogP contribution in [0.4, 0.5) is 10.5 Å². The number of urea groups is 1. The van der Waals surface area contributed by atoms with E-state index in [2.05, 4.69) is 10.3 Å². The molecule has 0 aliphatic heterocycles. The molecule has 0 bridgehead atoms. The van der Waals surface area contributed by atoms with Crippen molar-refractivity contribution < 1.29 is 4.79 Å². The molecule has 0 saturated heterocycles. The molecule has 0 atom stereocenters. The molecule has 116 valence electrons. The lowest BCUT2D eigenvalue weighted by molar-refractivity contribution is 0.206. The molecule has 22 heavy (non-hydrogen) atoms. The van der Waals surface area contributed by atoms with Gasteiger partial charge in [0.15, 0.2) is 0 Å². The normalized spacial score (nSPS) is 14.0. The highest BCUT2D eigenvalue weighted by Crippen LogP contribution is 2.31. The van der Waals surface area contributed by atoms with Crippen LogP contribution in [0.15, 0.2) is 23.7 Å². The smallest absolute Gasteiger partial charge is 0.315 e. The zero-order valence-electron chi connectivity index (χ0n) is 12.6. The molecule has 0 spiro atoms. The van der Waals surface area contributed by atoms with Crippen LogP contribution in [0.3, 0.4) is 0 Å². The van der Waals surface area contributed by atoms with Crippen molar-refractivity contribution in [3.63, 3.8) is 0 Å². The lowest BCUT2D eigenvalue weighted by atomic mass is 10.1. The van der Waals surface area contributed by atoms with Crippen LogP contribution in [0.2, 0.25) is 5.02 Å². The van der Waals surface area contributed by atoms with Gasteiger partial charge in [-0.2, -0.15) is 0 Å². The van der Waals surface area contributed by atoms with Gasteiger partial charge in [-0.3, -0.25) is 0 Å². The highest BCUT2D eigenvalue weighted by molar-refractivity contribution is 7.09. The number of carbonyl (C=O) groups is 1. The van der Waals surface area contributed by atoms with Crippen molar-refractivity contribution in [2.24, 2.45) is 0 Å². The Balaban J connectivity index is 1.77. The molecule has 2 aromatic rings. The van der Waals surface area contributed by atoms with Gasteiger partial charge in [-0.25, -0.2) is 9.78 Å². The van der Waals surface area contributed by atoms with Gasteiger partial charge in [0, 0.05) is 17.6 Å². The van der Waals surface area contributed by atoms with Crippen molar-refractivity contribution in [1.29, 1.82) is 0 Å². The largest absolute Gasteiger partial charge is 0.322 e. The van der Waals surface area contributed by atoms with Crippen LogP contribution < -0.4 is 5.32 Å². The number of rotatable bonds is 4. The third kappa shape index (κ3) is 3.42. The number of amides is 2. The predicted octanol–water partition coefficient (Wildman–Crippen LogP) is 4.61. The van der Waals surface area contributed by atoms with E-state index in [-0.39, 0.29) is 6.03 Å². The van der Waals surface area contributed by atoms with E-state index in [9.17, 15) is 4.79 Å². The van der Waals surface area contributed by atoms with Gasteiger partial charge >= 0.3 is 6.03 Å². The summed E-state index contributed by atoms with van der Waals surface area (Å²) in [5.41, 5.74) is 2.76. The van der Waals surface area contributed by atoms with E-state index >= 15 is 0 Å². The summed E-state index contributed by atoms with van der Waals surface area (Å²) in [6.07, 6.45) is 3.88. The number of hydrogen-bond donors (Lipinski definition) is 1. The van der Waals surface area contributed by atoms with E-state index in [1.54, 1.807) is 17.5 Å². The number of nitrogens with one attached hydrogen (secondary N) is 1. The molecule has 3 rings (SSSR count). The van der Waals surface area contributed by atoms with E-state index in [1.807, 2.05) is 36.3 Å². The number of benzene rings is 1. The van der Waals surface area contributed by atoms with Crippen LogP contribution in [-0.2, 0) is 6.54 Å². The summed E-state index contributed by atoms with van der Waals surface area (Å²) < 4.78 is 0. The lowest BCUT2D eigenvalue weighted by Gasteiger charge is -2.23. The average molecular weight is 336 g/mol. The van der Waals surface area contributed by atoms with Gasteiger partial charge in [-0.05, 0) is 43.9 Å². The molecule has 1 N–H and O–H groups in total. The third-order valence-corrected chi connectivity index (χ3v) is 4.76. The summed E-state index contributed by atoms with van der Waals surface area (Å²) in [6.45, 7) is 4.50. The number of aryl methyl sites for hydroxylation is 2. The number of anilines is 1. The lowest BCUT2D eigenvalue weighted by Crippen LogP contribution is -2.36. The molecule has 0 unspecified atom stereocenters. The molecule has 1 aromatic carbocycles. The molecule has 2 amide bonds. The number of halogens is 1. The van der Waals surface area contributed by atoms with Crippen LogP contribution in [0.1, 0.15) is 29.0 Å². The van der Waals surface area contributed by atoms with Crippen molar-refractivity contribution in [3.05, 3.63) is 44.9 Å². The number of nitrogens with zero attached hydrogens (tertiary/aromatic N) is 2. The van der Waals surface area contributed by atoms with E-state index < -0.39 is 0 Å². The first-order valence-electron chi connectivity index (χ1n) is 7.27. The highest BCUT2D eigenvalue weighted by Gasteiger charge is 2.33. The molecule has 1 aromatic heterocycles. The Bertz CT molecular complexity index is 660. The Morgan fingerprint density at radius 1 is 1.45 bits per heavy atom. The van der Waals surface area contributed by atoms with Crippen molar-refractivity contribution in [2.45, 2.75) is 39.3 Å². The molecule has 6 heteroatoms. The molecular formula is C16H18ClN3OS. The van der Waals surface area contributed by atoms with Gasteiger partial charge in [0.25, 0.3) is 0 Å². The zero-order valence-corrected chi connectivity index (χ0v) is 14.2. The van der Waals surface area contributed by atoms with Gasteiger partial charge in [-0.1, -0.05) is 17.7 Å². The van der Waals surface area contributed by atoms with Gasteiger partial charge in [0.05, 0.1) is 17.3 Å². The summed E-state index contributed by atoms with van der Waals surface area (Å²) >= 11 is 7.85. The minimum absolute atomic E-state index is 0.105. The fraction of sp³-hybridized carbons (Fsp3) is 0.375. The quantitative estimate of drug-likeness (QED) is 0.886. The summed E-state index contributed by atoms with van der Waals surface area (Å²) in [6, 6.07) is 4.09. The number of aromatic nitrogens is 1. The number of hydrogen-bond acceptors (Lipinski definition) is 3. The fourth-order valence-electron chi connectivity index (χ4n) is 2.48. The minimum Gasteiger partial charge on any atom is -0.315 e. The van der Waals surface area contributed by atoms with Crippen LogP contribution in [-0.4, -0.2) is 22.0 Å². The van der Waals surface area contributed by atoms with Crippen molar-refractivity contribution in [3.8, 4) is 0 Å². The molecular weight excluding hydrogens is 318 g/mol.